The van der Waals surface area contributed by atoms with Crippen LogP contribution in [0.1, 0.15) is 5.56 Å². The van der Waals surface area contributed by atoms with Crippen molar-refractivity contribution in [3.63, 3.8) is 0 Å². The molecule has 1 aromatic rings. The van der Waals surface area contributed by atoms with Gasteiger partial charge in [0.1, 0.15) is 0 Å². The van der Waals surface area contributed by atoms with E-state index in [1.807, 2.05) is 12.1 Å². The molecular formula is C11H14ClN2O2. The maximum atomic E-state index is 11.3. The lowest BCUT2D eigenvalue weighted by atomic mass is 10.1. The molecule has 0 fully saturated rings. The minimum atomic E-state index is -0.280. The molecule has 5 heteroatoms. The molecular weight excluding hydrogens is 228 g/mol. The fraction of sp³-hybridized carbons (Fsp3) is 0.364. The highest BCUT2D eigenvalue weighted by atomic mass is 35.5. The Kier molecular flexibility index (Phi) is 5.67. The number of halogens is 1. The molecule has 0 saturated carbocycles. The van der Waals surface area contributed by atoms with Gasteiger partial charge in [-0.05, 0) is 24.1 Å². The zero-order valence-corrected chi connectivity index (χ0v) is 9.59. The van der Waals surface area contributed by atoms with E-state index < -0.39 is 0 Å². The maximum Gasteiger partial charge on any atom is 0.319 e. The average Bonchev–Trinajstić information content (AvgIpc) is 2.29. The van der Waals surface area contributed by atoms with Gasteiger partial charge in [0.05, 0.1) is 6.61 Å². The third-order valence-corrected chi connectivity index (χ3v) is 2.17. The number of hydrogen-bond donors (Lipinski definition) is 2. The Hall–Kier alpha value is -1.26. The predicted octanol–water partition coefficient (Wildman–Crippen LogP) is 2.02. The van der Waals surface area contributed by atoms with Gasteiger partial charge in [-0.15, -0.1) is 11.6 Å². The largest absolute Gasteiger partial charge is 0.337 e. The van der Waals surface area contributed by atoms with Crippen molar-refractivity contribution in [1.29, 1.82) is 0 Å². The number of benzene rings is 1. The molecule has 87 valence electrons. The van der Waals surface area contributed by atoms with Crippen LogP contribution >= 0.6 is 11.6 Å². The Morgan fingerprint density at radius 1 is 1.25 bits per heavy atom. The first-order chi connectivity index (χ1) is 7.76. The summed E-state index contributed by atoms with van der Waals surface area (Å²) in [7, 11) is 0. The number of anilines is 1. The monoisotopic (exact) mass is 241 g/mol. The lowest BCUT2D eigenvalue weighted by Gasteiger charge is -2.06. The molecule has 1 rings (SSSR count). The van der Waals surface area contributed by atoms with Crippen LogP contribution in [0.3, 0.4) is 0 Å². The summed E-state index contributed by atoms with van der Waals surface area (Å²) in [6, 6.07) is 6.91. The third-order valence-electron chi connectivity index (χ3n) is 1.98. The standard InChI is InChI=1S/C11H14ClN2O2/c12-6-7-13-11(16)14-10-3-1-9(2-4-10)5-8-15/h1-4H,5-8H2,(H2,13,14,16). The third kappa shape index (κ3) is 4.51. The lowest BCUT2D eigenvalue weighted by molar-refractivity contribution is 0.197. The maximum absolute atomic E-state index is 11.3. The molecule has 4 nitrogen and oxygen atoms in total. The number of carbonyl (C=O) groups is 1. The lowest BCUT2D eigenvalue weighted by Crippen LogP contribution is -2.30. The topological polar surface area (TPSA) is 61.0 Å². The molecule has 1 radical (unpaired) electrons. The molecule has 0 bridgehead atoms. The number of hydrogen-bond acceptors (Lipinski definition) is 1. The molecule has 0 aromatic heterocycles. The van der Waals surface area contributed by atoms with Crippen LogP contribution in [0.4, 0.5) is 10.5 Å². The summed E-state index contributed by atoms with van der Waals surface area (Å²) in [6.07, 6.45) is 0.513. The van der Waals surface area contributed by atoms with Crippen molar-refractivity contribution in [1.82, 2.24) is 5.32 Å². The van der Waals surface area contributed by atoms with E-state index >= 15 is 0 Å². The number of amides is 2. The molecule has 0 aliphatic heterocycles. The Bertz CT molecular complexity index is 327. The van der Waals surface area contributed by atoms with Crippen molar-refractivity contribution in [2.75, 3.05) is 24.3 Å². The molecule has 2 N–H and O–H groups in total. The Morgan fingerprint density at radius 3 is 2.50 bits per heavy atom. The summed E-state index contributed by atoms with van der Waals surface area (Å²) in [6.45, 7) is 0.310. The Morgan fingerprint density at radius 2 is 1.94 bits per heavy atom. The fourth-order valence-corrected chi connectivity index (χ4v) is 1.30. The van der Waals surface area contributed by atoms with Crippen molar-refractivity contribution in [3.05, 3.63) is 29.8 Å². The highest BCUT2D eigenvalue weighted by Crippen LogP contribution is 2.09. The zero-order valence-electron chi connectivity index (χ0n) is 8.83. The highest BCUT2D eigenvalue weighted by molar-refractivity contribution is 6.18. The van der Waals surface area contributed by atoms with Gasteiger partial charge in [-0.2, -0.15) is 0 Å². The predicted molar refractivity (Wildman–Crippen MR) is 63.4 cm³/mol. The minimum absolute atomic E-state index is 0.122. The van der Waals surface area contributed by atoms with E-state index in [0.29, 0.717) is 24.5 Å². The van der Waals surface area contributed by atoms with E-state index in [-0.39, 0.29) is 12.6 Å². The summed E-state index contributed by atoms with van der Waals surface area (Å²) >= 11 is 5.43. The zero-order chi connectivity index (χ0) is 11.8. The van der Waals surface area contributed by atoms with Crippen LogP contribution in [0.25, 0.3) is 0 Å². The summed E-state index contributed by atoms with van der Waals surface area (Å²) in [5, 5.41) is 15.6. The first-order valence-corrected chi connectivity index (χ1v) is 5.57. The van der Waals surface area contributed by atoms with Crippen molar-refractivity contribution < 1.29 is 9.90 Å². The second-order valence-electron chi connectivity index (χ2n) is 3.22. The van der Waals surface area contributed by atoms with E-state index in [4.69, 9.17) is 11.6 Å². The van der Waals surface area contributed by atoms with Gasteiger partial charge in [0.2, 0.25) is 0 Å². The van der Waals surface area contributed by atoms with Crippen LogP contribution in [-0.4, -0.2) is 25.1 Å². The van der Waals surface area contributed by atoms with Crippen LogP contribution in [0.15, 0.2) is 24.3 Å². The van der Waals surface area contributed by atoms with Gasteiger partial charge in [-0.25, -0.2) is 9.90 Å². The number of urea groups is 1. The molecule has 0 unspecified atom stereocenters. The van der Waals surface area contributed by atoms with Crippen molar-refractivity contribution in [2.45, 2.75) is 6.42 Å². The SMILES string of the molecule is [O]CCc1ccc(NC(=O)NCCCl)cc1. The summed E-state index contributed by atoms with van der Waals surface area (Å²) < 4.78 is 0. The smallest absolute Gasteiger partial charge is 0.319 e. The molecule has 1 aromatic carbocycles. The van der Waals surface area contributed by atoms with E-state index in [1.54, 1.807) is 12.1 Å². The quantitative estimate of drug-likeness (QED) is 0.762. The van der Waals surface area contributed by atoms with Crippen molar-refractivity contribution in [2.24, 2.45) is 0 Å². The molecule has 2 amide bonds. The number of carbonyl (C=O) groups excluding carboxylic acids is 1. The number of rotatable bonds is 5. The van der Waals surface area contributed by atoms with Crippen LogP contribution in [0.5, 0.6) is 0 Å². The molecule has 16 heavy (non-hydrogen) atoms. The molecule has 0 heterocycles. The summed E-state index contributed by atoms with van der Waals surface area (Å²) in [5.74, 6) is 0.385. The van der Waals surface area contributed by atoms with E-state index in [0.717, 1.165) is 5.56 Å². The van der Waals surface area contributed by atoms with Gasteiger partial charge < -0.3 is 10.6 Å². The molecule has 0 saturated heterocycles. The van der Waals surface area contributed by atoms with Gasteiger partial charge in [0, 0.05) is 18.1 Å². The first kappa shape index (κ1) is 12.8. The first-order valence-electron chi connectivity index (χ1n) is 5.04. The molecule has 0 aliphatic rings. The van der Waals surface area contributed by atoms with Gasteiger partial charge in [-0.1, -0.05) is 12.1 Å². The molecule has 0 spiro atoms. The number of nitrogens with one attached hydrogen (secondary N) is 2. The average molecular weight is 242 g/mol. The van der Waals surface area contributed by atoms with Gasteiger partial charge >= 0.3 is 6.03 Å². The second kappa shape index (κ2) is 7.09. The van der Waals surface area contributed by atoms with E-state index in [1.165, 1.54) is 0 Å². The number of alkyl halides is 1. The minimum Gasteiger partial charge on any atom is -0.337 e. The van der Waals surface area contributed by atoms with Gasteiger partial charge in [0.15, 0.2) is 0 Å². The van der Waals surface area contributed by atoms with Gasteiger partial charge in [0.25, 0.3) is 0 Å². The molecule has 0 aliphatic carbocycles. The van der Waals surface area contributed by atoms with Crippen LogP contribution in [0, 0.1) is 0 Å². The molecule has 0 atom stereocenters. The fourth-order valence-electron chi connectivity index (χ4n) is 1.21. The van der Waals surface area contributed by atoms with Gasteiger partial charge in [-0.3, -0.25) is 0 Å². The normalized spacial score (nSPS) is 9.88. The van der Waals surface area contributed by atoms with Crippen LogP contribution in [-0.2, 0) is 11.5 Å². The Labute approximate surface area is 99.6 Å². The Balaban J connectivity index is 2.45. The summed E-state index contributed by atoms with van der Waals surface area (Å²) in [4.78, 5) is 11.3. The highest BCUT2D eigenvalue weighted by Gasteiger charge is 2.00. The van der Waals surface area contributed by atoms with Crippen molar-refractivity contribution in [3.8, 4) is 0 Å². The second-order valence-corrected chi connectivity index (χ2v) is 3.60. The van der Waals surface area contributed by atoms with Crippen LogP contribution in [0.2, 0.25) is 0 Å². The summed E-state index contributed by atoms with van der Waals surface area (Å²) in [5.41, 5.74) is 1.67. The van der Waals surface area contributed by atoms with Crippen molar-refractivity contribution >= 4 is 23.3 Å². The van der Waals surface area contributed by atoms with Crippen LogP contribution < -0.4 is 10.6 Å². The van der Waals surface area contributed by atoms with E-state index in [2.05, 4.69) is 10.6 Å². The van der Waals surface area contributed by atoms with E-state index in [9.17, 15) is 9.90 Å².